The van der Waals surface area contributed by atoms with Crippen molar-refractivity contribution in [3.8, 4) is 5.88 Å². The fourth-order valence-electron chi connectivity index (χ4n) is 2.09. The van der Waals surface area contributed by atoms with Gasteiger partial charge in [-0.05, 0) is 25.5 Å². The molecule has 1 aromatic heterocycles. The minimum Gasteiger partial charge on any atom is -0.471 e. The number of aromatic nitrogens is 1. The normalized spacial score (nSPS) is 17.2. The molecule has 0 aromatic carbocycles. The fraction of sp³-hybridized carbons (Fsp3) is 0.571. The molecule has 25 heavy (non-hydrogen) atoms. The van der Waals surface area contributed by atoms with Crippen LogP contribution in [0.3, 0.4) is 0 Å². The Morgan fingerprint density at radius 2 is 2.12 bits per heavy atom. The highest BCUT2D eigenvalue weighted by atomic mass is 35.5. The molecule has 1 aliphatic rings. The highest BCUT2D eigenvalue weighted by molar-refractivity contribution is 5.92. The van der Waals surface area contributed by atoms with E-state index in [9.17, 15) is 22.4 Å². The van der Waals surface area contributed by atoms with Crippen molar-refractivity contribution in [2.24, 2.45) is 5.92 Å². The van der Waals surface area contributed by atoms with Crippen LogP contribution in [0.1, 0.15) is 12.8 Å². The van der Waals surface area contributed by atoms with E-state index in [0.717, 1.165) is 19.4 Å². The minimum atomic E-state index is -4.23. The predicted molar refractivity (Wildman–Crippen MR) is 89.4 cm³/mol. The number of ether oxygens (including phenoxy) is 1. The first-order valence-corrected chi connectivity index (χ1v) is 7.15. The second-order valence-corrected chi connectivity index (χ2v) is 5.27. The molecule has 5 nitrogen and oxygen atoms in total. The summed E-state index contributed by atoms with van der Waals surface area (Å²) in [6.07, 6.45) is -0.869. The van der Waals surface area contributed by atoms with Gasteiger partial charge in [-0.15, -0.1) is 24.8 Å². The van der Waals surface area contributed by atoms with E-state index in [0.29, 0.717) is 12.2 Å². The van der Waals surface area contributed by atoms with E-state index in [1.165, 1.54) is 18.3 Å². The van der Waals surface area contributed by atoms with Crippen LogP contribution in [0.2, 0.25) is 0 Å². The summed E-state index contributed by atoms with van der Waals surface area (Å²) < 4.78 is 54.0. The second-order valence-electron chi connectivity index (χ2n) is 5.27. The number of piperidine rings is 1. The van der Waals surface area contributed by atoms with Gasteiger partial charge in [0.05, 0.1) is 17.8 Å². The summed E-state index contributed by atoms with van der Waals surface area (Å²) >= 11 is 0. The molecule has 2 heterocycles. The Morgan fingerprint density at radius 1 is 1.40 bits per heavy atom. The zero-order valence-corrected chi connectivity index (χ0v) is 14.6. The highest BCUT2D eigenvalue weighted by Crippen LogP contribution is 2.24. The lowest BCUT2D eigenvalue weighted by Crippen LogP contribution is -2.37. The Labute approximate surface area is 154 Å². The number of hydrogen-bond donors (Lipinski definition) is 2. The number of halogens is 6. The zero-order valence-electron chi connectivity index (χ0n) is 13.0. The molecule has 1 unspecified atom stereocenters. The minimum absolute atomic E-state index is 0. The SMILES string of the molecule is Cl.Cl.O=C(Nc1ccc(OCC(F)(F)C(F)F)nc1)C1CCCNC1. The Balaban J connectivity index is 0.00000288. The van der Waals surface area contributed by atoms with Crippen molar-refractivity contribution < 1.29 is 27.1 Å². The number of carbonyl (C=O) groups is 1. The van der Waals surface area contributed by atoms with Crippen molar-refractivity contribution in [2.75, 3.05) is 25.0 Å². The van der Waals surface area contributed by atoms with Gasteiger partial charge in [0.2, 0.25) is 11.8 Å². The molecule has 2 N–H and O–H groups in total. The van der Waals surface area contributed by atoms with Gasteiger partial charge in [0.15, 0.2) is 6.61 Å². The summed E-state index contributed by atoms with van der Waals surface area (Å²) in [5.41, 5.74) is 0.383. The van der Waals surface area contributed by atoms with Crippen LogP contribution in [0, 0.1) is 5.92 Å². The third-order valence-corrected chi connectivity index (χ3v) is 3.40. The summed E-state index contributed by atoms with van der Waals surface area (Å²) in [6.45, 7) is 0.0287. The van der Waals surface area contributed by atoms with Crippen LogP contribution in [-0.2, 0) is 4.79 Å². The molecule has 1 amide bonds. The van der Waals surface area contributed by atoms with E-state index in [1.54, 1.807) is 0 Å². The number of anilines is 1. The smallest absolute Gasteiger partial charge is 0.340 e. The van der Waals surface area contributed by atoms with Crippen LogP contribution < -0.4 is 15.4 Å². The van der Waals surface area contributed by atoms with Gasteiger partial charge in [0.25, 0.3) is 0 Å². The molecule has 0 aliphatic carbocycles. The molecule has 0 radical (unpaired) electrons. The third-order valence-electron chi connectivity index (χ3n) is 3.40. The van der Waals surface area contributed by atoms with Crippen molar-refractivity contribution in [1.82, 2.24) is 10.3 Å². The Kier molecular flexibility index (Phi) is 10.1. The molecule has 2 rings (SSSR count). The Hall–Kier alpha value is -1.32. The fourth-order valence-corrected chi connectivity index (χ4v) is 2.09. The summed E-state index contributed by atoms with van der Waals surface area (Å²) in [6, 6.07) is 2.65. The van der Waals surface area contributed by atoms with Gasteiger partial charge >= 0.3 is 12.3 Å². The number of carbonyl (C=O) groups excluding carboxylic acids is 1. The number of amides is 1. The monoisotopic (exact) mass is 407 g/mol. The topological polar surface area (TPSA) is 63.2 Å². The molecule has 1 atom stereocenters. The molecule has 1 aliphatic heterocycles. The molecular weight excluding hydrogens is 389 g/mol. The van der Waals surface area contributed by atoms with E-state index in [2.05, 4.69) is 20.4 Å². The van der Waals surface area contributed by atoms with Gasteiger partial charge < -0.3 is 15.4 Å². The van der Waals surface area contributed by atoms with Gasteiger partial charge in [-0.25, -0.2) is 13.8 Å². The van der Waals surface area contributed by atoms with Crippen LogP contribution in [-0.4, -0.2) is 42.9 Å². The van der Waals surface area contributed by atoms with Gasteiger partial charge in [-0.3, -0.25) is 4.79 Å². The lowest BCUT2D eigenvalue weighted by Gasteiger charge is -2.21. The van der Waals surface area contributed by atoms with Crippen LogP contribution in [0.5, 0.6) is 5.88 Å². The van der Waals surface area contributed by atoms with Crippen LogP contribution in [0.15, 0.2) is 18.3 Å². The lowest BCUT2D eigenvalue weighted by molar-refractivity contribution is -0.148. The first-order chi connectivity index (χ1) is 10.9. The van der Waals surface area contributed by atoms with Gasteiger partial charge in [0, 0.05) is 12.6 Å². The average molecular weight is 408 g/mol. The van der Waals surface area contributed by atoms with Gasteiger partial charge in [-0.1, -0.05) is 0 Å². The standard InChI is InChI=1S/C14H17F4N3O2.2ClH/c15-13(16)14(17,18)8-23-11-4-3-10(7-20-11)21-12(22)9-2-1-5-19-6-9;;/h3-4,7,9,13,19H,1-2,5-6,8H2,(H,21,22);2*1H. The van der Waals surface area contributed by atoms with Crippen molar-refractivity contribution in [3.63, 3.8) is 0 Å². The quantitative estimate of drug-likeness (QED) is 0.711. The summed E-state index contributed by atoms with van der Waals surface area (Å²) in [5.74, 6) is -4.74. The summed E-state index contributed by atoms with van der Waals surface area (Å²) in [5, 5.41) is 5.79. The molecule has 1 fully saturated rings. The van der Waals surface area contributed by atoms with Crippen LogP contribution >= 0.6 is 24.8 Å². The first-order valence-electron chi connectivity index (χ1n) is 7.15. The maximum absolute atomic E-state index is 12.7. The van der Waals surface area contributed by atoms with E-state index >= 15 is 0 Å². The maximum atomic E-state index is 12.7. The molecule has 11 heteroatoms. The number of nitrogens with one attached hydrogen (secondary N) is 2. The van der Waals surface area contributed by atoms with E-state index in [1.807, 2.05) is 0 Å². The summed E-state index contributed by atoms with van der Waals surface area (Å²) in [4.78, 5) is 15.7. The van der Waals surface area contributed by atoms with Crippen molar-refractivity contribution in [3.05, 3.63) is 18.3 Å². The maximum Gasteiger partial charge on any atom is 0.340 e. The molecule has 1 saturated heterocycles. The van der Waals surface area contributed by atoms with Crippen molar-refractivity contribution in [2.45, 2.75) is 25.2 Å². The molecule has 0 saturated carbocycles. The highest BCUT2D eigenvalue weighted by Gasteiger charge is 2.41. The second kappa shape index (κ2) is 10.6. The summed E-state index contributed by atoms with van der Waals surface area (Å²) in [7, 11) is 0. The predicted octanol–water partition coefficient (Wildman–Crippen LogP) is 3.14. The molecule has 1 aromatic rings. The lowest BCUT2D eigenvalue weighted by atomic mass is 9.99. The van der Waals surface area contributed by atoms with E-state index < -0.39 is 19.0 Å². The zero-order chi connectivity index (χ0) is 16.9. The van der Waals surface area contributed by atoms with E-state index in [4.69, 9.17) is 0 Å². The number of nitrogens with zero attached hydrogens (tertiary/aromatic N) is 1. The molecule has 0 bridgehead atoms. The molecule has 0 spiro atoms. The Bertz CT molecular complexity index is 529. The molecular formula is C14H19Cl2F4N3O2. The first kappa shape index (κ1) is 23.7. The van der Waals surface area contributed by atoms with Crippen LogP contribution in [0.4, 0.5) is 23.2 Å². The van der Waals surface area contributed by atoms with E-state index in [-0.39, 0.29) is 42.5 Å². The largest absolute Gasteiger partial charge is 0.471 e. The van der Waals surface area contributed by atoms with Gasteiger partial charge in [0.1, 0.15) is 0 Å². The molecule has 144 valence electrons. The van der Waals surface area contributed by atoms with Crippen LogP contribution in [0.25, 0.3) is 0 Å². The van der Waals surface area contributed by atoms with Gasteiger partial charge in [-0.2, -0.15) is 8.78 Å². The number of hydrogen-bond acceptors (Lipinski definition) is 4. The van der Waals surface area contributed by atoms with Crippen molar-refractivity contribution in [1.29, 1.82) is 0 Å². The third kappa shape index (κ3) is 7.21. The average Bonchev–Trinajstić information content (AvgIpc) is 2.55. The number of alkyl halides is 4. The Morgan fingerprint density at radius 3 is 2.64 bits per heavy atom. The number of pyridine rings is 1. The van der Waals surface area contributed by atoms with Crippen molar-refractivity contribution >= 4 is 36.4 Å². The number of rotatable bonds is 6.